The maximum atomic E-state index is 12.5. The van der Waals surface area contributed by atoms with Crippen LogP contribution in [0.4, 0.5) is 29.3 Å². The summed E-state index contributed by atoms with van der Waals surface area (Å²) in [5.41, 5.74) is 0.0899. The first-order valence-corrected chi connectivity index (χ1v) is 7.30. The maximum absolute atomic E-state index is 12.5. The molecular formula is C17H13F3N4O2. The molecule has 2 rings (SSSR count). The van der Waals surface area contributed by atoms with Gasteiger partial charge in [0.1, 0.15) is 0 Å². The molecule has 9 heteroatoms. The van der Waals surface area contributed by atoms with Gasteiger partial charge >= 0.3 is 12.2 Å². The van der Waals surface area contributed by atoms with Crippen LogP contribution in [0.1, 0.15) is 11.1 Å². The topological polar surface area (TPSA) is 94.0 Å². The van der Waals surface area contributed by atoms with Crippen LogP contribution in [0.25, 0.3) is 0 Å². The average Bonchev–Trinajstić information content (AvgIpc) is 2.60. The highest BCUT2D eigenvalue weighted by atomic mass is 19.4. The highest BCUT2D eigenvalue weighted by Crippen LogP contribution is 2.29. The number of amides is 3. The molecule has 3 amide bonds. The minimum Gasteiger partial charge on any atom is -0.329 e. The van der Waals surface area contributed by atoms with Crippen LogP contribution in [0.3, 0.4) is 0 Å². The molecule has 134 valence electrons. The Balaban J connectivity index is 1.82. The zero-order chi connectivity index (χ0) is 19.2. The molecule has 0 fully saturated rings. The summed E-state index contributed by atoms with van der Waals surface area (Å²) in [6.45, 7) is -0.384. The molecule has 0 saturated heterocycles. The van der Waals surface area contributed by atoms with E-state index in [0.29, 0.717) is 11.3 Å². The normalized spacial score (nSPS) is 10.5. The molecule has 0 heterocycles. The molecule has 0 aliphatic carbocycles. The summed E-state index contributed by atoms with van der Waals surface area (Å²) >= 11 is 0. The fourth-order valence-corrected chi connectivity index (χ4v) is 1.95. The number of nitrogens with zero attached hydrogens (tertiary/aromatic N) is 1. The number of halogens is 3. The summed E-state index contributed by atoms with van der Waals surface area (Å²) < 4.78 is 37.4. The summed E-state index contributed by atoms with van der Waals surface area (Å²) in [6, 6.07) is 11.4. The van der Waals surface area contributed by atoms with Crippen LogP contribution < -0.4 is 16.0 Å². The number of nitrogens with one attached hydrogen (secondary N) is 3. The van der Waals surface area contributed by atoms with E-state index in [1.807, 2.05) is 6.07 Å². The largest absolute Gasteiger partial charge is 0.416 e. The Bertz CT molecular complexity index is 842. The first kappa shape index (κ1) is 18.8. The molecule has 0 atom stereocenters. The van der Waals surface area contributed by atoms with Crippen molar-refractivity contribution in [1.29, 1.82) is 5.26 Å². The van der Waals surface area contributed by atoms with Gasteiger partial charge in [-0.15, -0.1) is 0 Å². The molecular weight excluding hydrogens is 349 g/mol. The lowest BCUT2D eigenvalue weighted by molar-refractivity contribution is -0.137. The van der Waals surface area contributed by atoms with Crippen molar-refractivity contribution in [1.82, 2.24) is 5.32 Å². The van der Waals surface area contributed by atoms with Crippen molar-refractivity contribution < 1.29 is 22.8 Å². The molecule has 0 spiro atoms. The van der Waals surface area contributed by atoms with Gasteiger partial charge in [-0.2, -0.15) is 18.4 Å². The monoisotopic (exact) mass is 362 g/mol. The van der Waals surface area contributed by atoms with Crippen LogP contribution in [-0.2, 0) is 11.0 Å². The third kappa shape index (κ3) is 5.52. The van der Waals surface area contributed by atoms with Crippen LogP contribution in [0.15, 0.2) is 48.5 Å². The SMILES string of the molecule is N#Cc1cccc(NC(=O)NCC(=O)Nc2ccc(C(F)(F)F)cc2)c1. The Morgan fingerprint density at radius 1 is 1.00 bits per heavy atom. The number of hydrogen-bond acceptors (Lipinski definition) is 3. The van der Waals surface area contributed by atoms with E-state index in [2.05, 4.69) is 16.0 Å². The summed E-state index contributed by atoms with van der Waals surface area (Å²) in [5.74, 6) is -0.606. The van der Waals surface area contributed by atoms with Gasteiger partial charge in [-0.25, -0.2) is 4.79 Å². The van der Waals surface area contributed by atoms with Crippen LogP contribution >= 0.6 is 0 Å². The van der Waals surface area contributed by atoms with E-state index in [1.165, 1.54) is 6.07 Å². The zero-order valence-corrected chi connectivity index (χ0v) is 13.2. The first-order valence-electron chi connectivity index (χ1n) is 7.30. The molecule has 26 heavy (non-hydrogen) atoms. The van der Waals surface area contributed by atoms with Crippen molar-refractivity contribution >= 4 is 23.3 Å². The van der Waals surface area contributed by atoms with E-state index in [0.717, 1.165) is 24.3 Å². The van der Waals surface area contributed by atoms with Crippen molar-refractivity contribution in [3.8, 4) is 6.07 Å². The van der Waals surface area contributed by atoms with E-state index in [9.17, 15) is 22.8 Å². The number of urea groups is 1. The van der Waals surface area contributed by atoms with Gasteiger partial charge in [-0.1, -0.05) is 6.07 Å². The highest BCUT2D eigenvalue weighted by Gasteiger charge is 2.29. The predicted octanol–water partition coefficient (Wildman–Crippen LogP) is 3.34. The number of nitriles is 1. The second kappa shape index (κ2) is 8.02. The van der Waals surface area contributed by atoms with E-state index >= 15 is 0 Å². The molecule has 0 aliphatic rings. The number of hydrogen-bond donors (Lipinski definition) is 3. The van der Waals surface area contributed by atoms with Gasteiger partial charge < -0.3 is 16.0 Å². The summed E-state index contributed by atoms with van der Waals surface area (Å²) in [5, 5.41) is 15.9. The van der Waals surface area contributed by atoms with Crippen molar-refractivity contribution in [3.05, 3.63) is 59.7 Å². The first-order chi connectivity index (χ1) is 12.3. The lowest BCUT2D eigenvalue weighted by atomic mass is 10.2. The molecule has 0 bridgehead atoms. The van der Waals surface area contributed by atoms with Gasteiger partial charge in [0.2, 0.25) is 5.91 Å². The Labute approximate surface area is 146 Å². The summed E-state index contributed by atoms with van der Waals surface area (Å²) in [7, 11) is 0. The molecule has 2 aromatic carbocycles. The second-order valence-corrected chi connectivity index (χ2v) is 5.12. The number of rotatable bonds is 4. The van der Waals surface area contributed by atoms with Crippen LogP contribution in [0.5, 0.6) is 0 Å². The minimum absolute atomic E-state index is 0.173. The van der Waals surface area contributed by atoms with Gasteiger partial charge in [0, 0.05) is 11.4 Å². The average molecular weight is 362 g/mol. The van der Waals surface area contributed by atoms with Gasteiger partial charge in [0.25, 0.3) is 0 Å². The lowest BCUT2D eigenvalue weighted by Crippen LogP contribution is -2.35. The molecule has 0 saturated carbocycles. The molecule has 3 N–H and O–H groups in total. The van der Waals surface area contributed by atoms with Gasteiger partial charge in [-0.05, 0) is 42.5 Å². The van der Waals surface area contributed by atoms with Crippen LogP contribution in [0, 0.1) is 11.3 Å². The third-order valence-corrected chi connectivity index (χ3v) is 3.16. The zero-order valence-electron chi connectivity index (χ0n) is 13.2. The fraction of sp³-hybridized carbons (Fsp3) is 0.118. The highest BCUT2D eigenvalue weighted by molar-refractivity contribution is 5.97. The molecule has 0 unspecified atom stereocenters. The molecule has 0 radical (unpaired) electrons. The van der Waals surface area contributed by atoms with Crippen molar-refractivity contribution in [3.63, 3.8) is 0 Å². The van der Waals surface area contributed by atoms with Gasteiger partial charge in [-0.3, -0.25) is 4.79 Å². The Hall–Kier alpha value is -3.54. The summed E-state index contributed by atoms with van der Waals surface area (Å²) in [4.78, 5) is 23.4. The standard InChI is InChI=1S/C17H13F3N4O2/c18-17(19,20)12-4-6-13(7-5-12)23-15(25)10-22-16(26)24-14-3-1-2-11(8-14)9-21/h1-8H,10H2,(H,23,25)(H2,22,24,26). The summed E-state index contributed by atoms with van der Waals surface area (Å²) in [6.07, 6.45) is -4.45. The van der Waals surface area contributed by atoms with E-state index in [-0.39, 0.29) is 12.2 Å². The number of benzene rings is 2. The number of anilines is 2. The Kier molecular flexibility index (Phi) is 5.80. The number of carbonyl (C=O) groups excluding carboxylic acids is 2. The van der Waals surface area contributed by atoms with Gasteiger partial charge in [0.15, 0.2) is 0 Å². The molecule has 6 nitrogen and oxygen atoms in total. The van der Waals surface area contributed by atoms with Crippen LogP contribution in [-0.4, -0.2) is 18.5 Å². The quantitative estimate of drug-likeness (QED) is 0.779. The van der Waals surface area contributed by atoms with Gasteiger partial charge in [0.05, 0.1) is 23.7 Å². The predicted molar refractivity (Wildman–Crippen MR) is 88.3 cm³/mol. The van der Waals surface area contributed by atoms with E-state index in [1.54, 1.807) is 18.2 Å². The van der Waals surface area contributed by atoms with E-state index < -0.39 is 23.7 Å². The number of alkyl halides is 3. The molecule has 0 aliphatic heterocycles. The lowest BCUT2D eigenvalue weighted by Gasteiger charge is -2.10. The van der Waals surface area contributed by atoms with Crippen molar-refractivity contribution in [2.45, 2.75) is 6.18 Å². The maximum Gasteiger partial charge on any atom is 0.416 e. The fourth-order valence-electron chi connectivity index (χ4n) is 1.95. The smallest absolute Gasteiger partial charge is 0.329 e. The van der Waals surface area contributed by atoms with Crippen LogP contribution in [0.2, 0.25) is 0 Å². The number of carbonyl (C=O) groups is 2. The Morgan fingerprint density at radius 2 is 1.69 bits per heavy atom. The van der Waals surface area contributed by atoms with Crippen molar-refractivity contribution in [2.24, 2.45) is 0 Å². The Morgan fingerprint density at radius 3 is 2.31 bits per heavy atom. The van der Waals surface area contributed by atoms with Crippen molar-refractivity contribution in [2.75, 3.05) is 17.2 Å². The molecule has 2 aromatic rings. The second-order valence-electron chi connectivity index (χ2n) is 5.12. The molecule has 0 aromatic heterocycles. The third-order valence-electron chi connectivity index (χ3n) is 3.16. The minimum atomic E-state index is -4.45. The van der Waals surface area contributed by atoms with E-state index in [4.69, 9.17) is 5.26 Å².